The van der Waals surface area contributed by atoms with Crippen molar-refractivity contribution in [1.29, 1.82) is 0 Å². The zero-order chi connectivity index (χ0) is 20.4. The highest BCUT2D eigenvalue weighted by atomic mass is 35.5. The summed E-state index contributed by atoms with van der Waals surface area (Å²) < 4.78 is 12.0. The third-order valence-corrected chi connectivity index (χ3v) is 4.63. The highest BCUT2D eigenvalue weighted by Gasteiger charge is 2.22. The number of halogens is 2. The Kier molecular flexibility index (Phi) is 5.71. The van der Waals surface area contributed by atoms with Gasteiger partial charge >= 0.3 is 5.97 Å². The van der Waals surface area contributed by atoms with Gasteiger partial charge in [0.25, 0.3) is 0 Å². The molecule has 0 aliphatic rings. The third-order valence-electron chi connectivity index (χ3n) is 3.98. The molecular formula is C18H15Cl2N3O5. The van der Waals surface area contributed by atoms with E-state index in [0.717, 1.165) is 12.4 Å². The number of carbonyl (C=O) groups is 2. The normalized spacial score (nSPS) is 10.9. The molecule has 0 spiro atoms. The summed E-state index contributed by atoms with van der Waals surface area (Å²) in [7, 11) is 1.45. The second-order valence-corrected chi connectivity index (χ2v) is 6.54. The molecule has 146 valence electrons. The third kappa shape index (κ3) is 3.74. The molecule has 3 rings (SSSR count). The van der Waals surface area contributed by atoms with Crippen LogP contribution in [0, 0.1) is 5.21 Å². The van der Waals surface area contributed by atoms with E-state index >= 15 is 0 Å². The fourth-order valence-electron chi connectivity index (χ4n) is 2.70. The van der Waals surface area contributed by atoms with Crippen molar-refractivity contribution in [3.8, 4) is 5.88 Å². The van der Waals surface area contributed by atoms with Gasteiger partial charge in [0.05, 0.1) is 19.2 Å². The van der Waals surface area contributed by atoms with Crippen molar-refractivity contribution in [3.63, 3.8) is 0 Å². The number of ether oxygens (including phenoxy) is 2. The number of methoxy groups -OCH3 is 1. The summed E-state index contributed by atoms with van der Waals surface area (Å²) in [6, 6.07) is 4.57. The molecule has 0 amide bonds. The van der Waals surface area contributed by atoms with Crippen molar-refractivity contribution in [2.45, 2.75) is 13.3 Å². The predicted octanol–water partition coefficient (Wildman–Crippen LogP) is 2.89. The minimum Gasteiger partial charge on any atom is -0.619 e. The van der Waals surface area contributed by atoms with Crippen LogP contribution in [0.4, 0.5) is 0 Å². The van der Waals surface area contributed by atoms with Crippen LogP contribution in [0.1, 0.15) is 33.3 Å². The van der Waals surface area contributed by atoms with Gasteiger partial charge in [-0.3, -0.25) is 4.79 Å². The van der Waals surface area contributed by atoms with E-state index in [2.05, 4.69) is 5.10 Å². The lowest BCUT2D eigenvalue weighted by Crippen LogP contribution is -2.25. The molecule has 0 aliphatic carbocycles. The summed E-state index contributed by atoms with van der Waals surface area (Å²) >= 11 is 12.1. The van der Waals surface area contributed by atoms with Crippen LogP contribution in [0.5, 0.6) is 5.88 Å². The van der Waals surface area contributed by atoms with E-state index in [-0.39, 0.29) is 40.1 Å². The SMILES string of the molecule is CCOC(=O)c1cc2c(C(=O)Cc3c(Cl)c[n+]([O-])cc3Cl)ccc(OC)n2n1. The van der Waals surface area contributed by atoms with Crippen LogP contribution in [0.15, 0.2) is 30.6 Å². The molecule has 10 heteroatoms. The molecule has 0 atom stereocenters. The van der Waals surface area contributed by atoms with E-state index in [0.29, 0.717) is 21.7 Å². The van der Waals surface area contributed by atoms with Crippen LogP contribution in [-0.4, -0.2) is 35.1 Å². The molecule has 0 N–H and O–H groups in total. The Morgan fingerprint density at radius 2 is 1.93 bits per heavy atom. The maximum atomic E-state index is 12.9. The highest BCUT2D eigenvalue weighted by molar-refractivity contribution is 6.36. The van der Waals surface area contributed by atoms with Crippen LogP contribution >= 0.6 is 23.2 Å². The van der Waals surface area contributed by atoms with Gasteiger partial charge in [0.1, 0.15) is 10.0 Å². The quantitative estimate of drug-likeness (QED) is 0.261. The predicted molar refractivity (Wildman–Crippen MR) is 101 cm³/mol. The second-order valence-electron chi connectivity index (χ2n) is 5.73. The van der Waals surface area contributed by atoms with Gasteiger partial charge in [0.2, 0.25) is 5.88 Å². The van der Waals surface area contributed by atoms with Crippen molar-refractivity contribution >= 4 is 40.5 Å². The van der Waals surface area contributed by atoms with E-state index in [1.165, 1.54) is 17.7 Å². The zero-order valence-electron chi connectivity index (χ0n) is 14.9. The van der Waals surface area contributed by atoms with Crippen LogP contribution in [0.3, 0.4) is 0 Å². The fourth-order valence-corrected chi connectivity index (χ4v) is 3.28. The molecule has 0 fully saturated rings. The lowest BCUT2D eigenvalue weighted by Gasteiger charge is -2.09. The number of pyridine rings is 2. The Morgan fingerprint density at radius 1 is 1.25 bits per heavy atom. The van der Waals surface area contributed by atoms with E-state index in [1.807, 2.05) is 0 Å². The van der Waals surface area contributed by atoms with Gasteiger partial charge in [-0.15, -0.1) is 0 Å². The number of aromatic nitrogens is 3. The van der Waals surface area contributed by atoms with Crippen LogP contribution in [0.25, 0.3) is 5.52 Å². The molecule has 3 aromatic heterocycles. The average molecular weight is 424 g/mol. The van der Waals surface area contributed by atoms with Gasteiger partial charge in [-0.05, 0) is 19.1 Å². The zero-order valence-corrected chi connectivity index (χ0v) is 16.5. The number of ketones is 1. The molecule has 8 nitrogen and oxygen atoms in total. The first kappa shape index (κ1) is 19.9. The first-order valence-electron chi connectivity index (χ1n) is 8.19. The van der Waals surface area contributed by atoms with Gasteiger partial charge in [0.15, 0.2) is 23.9 Å². The molecule has 28 heavy (non-hydrogen) atoms. The van der Waals surface area contributed by atoms with Crippen molar-refractivity contribution in [3.05, 3.63) is 62.7 Å². The Balaban J connectivity index is 2.05. The fraction of sp³-hybridized carbons (Fsp3) is 0.222. The topological polar surface area (TPSA) is 96.8 Å². The lowest BCUT2D eigenvalue weighted by molar-refractivity contribution is -0.605. The van der Waals surface area contributed by atoms with Gasteiger partial charge in [0, 0.05) is 23.6 Å². The molecule has 0 saturated heterocycles. The number of rotatable bonds is 6. The van der Waals surface area contributed by atoms with Crippen LogP contribution in [-0.2, 0) is 11.2 Å². The van der Waals surface area contributed by atoms with Gasteiger partial charge in [-0.1, -0.05) is 23.2 Å². The average Bonchev–Trinajstić information content (AvgIpc) is 3.09. The van der Waals surface area contributed by atoms with E-state index < -0.39 is 5.97 Å². The van der Waals surface area contributed by atoms with Crippen LogP contribution in [0.2, 0.25) is 10.0 Å². The molecule has 0 aliphatic heterocycles. The number of esters is 1. The standard InChI is InChI=1S/C18H15Cl2N3O5/c1-3-28-18(25)14-7-15-10(4-5-17(27-2)23(15)21-14)16(24)6-11-12(19)8-22(26)9-13(11)20/h4-5,7-9H,3,6H2,1-2H3. The number of Topliss-reactive ketones (excluding diaryl/α,β-unsaturated/α-hetero) is 1. The molecule has 0 unspecified atom stereocenters. The number of hydrogen-bond donors (Lipinski definition) is 0. The maximum absolute atomic E-state index is 12.9. The maximum Gasteiger partial charge on any atom is 0.358 e. The van der Waals surface area contributed by atoms with Gasteiger partial charge < -0.3 is 14.7 Å². The summed E-state index contributed by atoms with van der Waals surface area (Å²) in [5, 5.41) is 15.7. The Labute approximate surface area is 169 Å². The summed E-state index contributed by atoms with van der Waals surface area (Å²) in [6.07, 6.45) is 2.11. The van der Waals surface area contributed by atoms with Crippen molar-refractivity contribution in [2.24, 2.45) is 0 Å². The largest absolute Gasteiger partial charge is 0.619 e. The molecule has 0 saturated carbocycles. The van der Waals surface area contributed by atoms with Gasteiger partial charge in [-0.25, -0.2) is 4.79 Å². The first-order chi connectivity index (χ1) is 13.3. The molecule has 3 heterocycles. The molecule has 3 aromatic rings. The number of fused-ring (bicyclic) bond motifs is 1. The summed E-state index contributed by atoms with van der Waals surface area (Å²) in [4.78, 5) is 24.9. The number of carbonyl (C=O) groups excluding carboxylic acids is 2. The summed E-state index contributed by atoms with van der Waals surface area (Å²) in [6.45, 7) is 1.88. The number of nitrogens with zero attached hydrogens (tertiary/aromatic N) is 3. The van der Waals surface area contributed by atoms with E-state index in [4.69, 9.17) is 32.7 Å². The highest BCUT2D eigenvalue weighted by Crippen LogP contribution is 2.26. The Bertz CT molecular complexity index is 1060. The van der Waals surface area contributed by atoms with Crippen molar-refractivity contribution in [1.82, 2.24) is 9.61 Å². The lowest BCUT2D eigenvalue weighted by atomic mass is 10.0. The minimum absolute atomic E-state index is 0.0450. The minimum atomic E-state index is -0.610. The van der Waals surface area contributed by atoms with Crippen molar-refractivity contribution < 1.29 is 23.8 Å². The summed E-state index contributed by atoms with van der Waals surface area (Å²) in [5.74, 6) is -0.596. The smallest absolute Gasteiger partial charge is 0.358 e. The Hall–Kier alpha value is -2.84. The van der Waals surface area contributed by atoms with E-state index in [1.54, 1.807) is 19.1 Å². The first-order valence-corrected chi connectivity index (χ1v) is 8.95. The van der Waals surface area contributed by atoms with E-state index in [9.17, 15) is 14.8 Å². The van der Waals surface area contributed by atoms with Gasteiger partial charge in [-0.2, -0.15) is 14.3 Å². The monoisotopic (exact) mass is 423 g/mol. The second kappa shape index (κ2) is 8.04. The summed E-state index contributed by atoms with van der Waals surface area (Å²) in [5.41, 5.74) is 1.03. The van der Waals surface area contributed by atoms with Crippen molar-refractivity contribution in [2.75, 3.05) is 13.7 Å². The molecule has 0 aromatic carbocycles. The molecular weight excluding hydrogens is 409 g/mol. The number of hydrogen-bond acceptors (Lipinski definition) is 6. The molecule has 0 radical (unpaired) electrons. The Morgan fingerprint density at radius 3 is 2.54 bits per heavy atom. The molecule has 0 bridgehead atoms. The van der Waals surface area contributed by atoms with Crippen LogP contribution < -0.4 is 9.47 Å².